The topological polar surface area (TPSA) is 104 Å². The first-order chi connectivity index (χ1) is 17.6. The molecule has 2 aromatic carbocycles. The van der Waals surface area contributed by atoms with E-state index in [4.69, 9.17) is 11.6 Å². The van der Waals surface area contributed by atoms with Crippen LogP contribution in [0.15, 0.2) is 42.5 Å². The number of nitrogens with one attached hydrogen (secondary N) is 3. The molecule has 0 unspecified atom stereocenters. The fourth-order valence-electron chi connectivity index (χ4n) is 3.39. The Morgan fingerprint density at radius 3 is 2.29 bits per heavy atom. The molecule has 1 aliphatic carbocycles. The second-order valence-electron chi connectivity index (χ2n) is 8.97. The minimum Gasteiger partial charge on any atom is -0.347 e. The Balaban J connectivity index is 1.83. The molecule has 0 spiro atoms. The maximum atomic E-state index is 13.5. The predicted octanol–water partition coefficient (Wildman–Crippen LogP) is 4.99. The molecular weight excluding hydrogens is 537 g/mol. The highest BCUT2D eigenvalue weighted by atomic mass is 35.5. The zero-order valence-corrected chi connectivity index (χ0v) is 20.7. The lowest BCUT2D eigenvalue weighted by Crippen LogP contribution is -2.48. The van der Waals surface area contributed by atoms with E-state index < -0.39 is 60.1 Å². The zero-order chi connectivity index (χ0) is 28.3. The molecule has 3 N–H and O–H groups in total. The number of anilines is 1. The average molecular weight is 560 g/mol. The third-order valence-corrected chi connectivity index (χ3v) is 5.79. The second kappa shape index (κ2) is 11.5. The van der Waals surface area contributed by atoms with Crippen LogP contribution >= 0.6 is 11.6 Å². The lowest BCUT2D eigenvalue weighted by atomic mass is 10.0. The number of rotatable bonds is 10. The molecule has 0 aromatic heterocycles. The lowest BCUT2D eigenvalue weighted by Gasteiger charge is -2.20. The molecule has 0 heterocycles. The summed E-state index contributed by atoms with van der Waals surface area (Å²) in [4.78, 5) is 50.6. The molecular formula is C25H23ClF5N3O4. The van der Waals surface area contributed by atoms with Gasteiger partial charge < -0.3 is 16.0 Å². The van der Waals surface area contributed by atoms with Crippen molar-refractivity contribution >= 4 is 40.8 Å². The number of halogens is 6. The van der Waals surface area contributed by atoms with Crippen molar-refractivity contribution in [3.05, 3.63) is 64.2 Å². The van der Waals surface area contributed by atoms with Gasteiger partial charge in [-0.05, 0) is 62.6 Å². The molecule has 3 amide bonds. The van der Waals surface area contributed by atoms with Crippen LogP contribution in [0.3, 0.4) is 0 Å². The molecule has 0 saturated heterocycles. The molecule has 204 valence electrons. The number of carbonyl (C=O) groups is 4. The minimum atomic E-state index is -4.69. The van der Waals surface area contributed by atoms with Gasteiger partial charge >= 0.3 is 6.18 Å². The number of amides is 3. The minimum absolute atomic E-state index is 0.0293. The van der Waals surface area contributed by atoms with Crippen molar-refractivity contribution < 1.29 is 41.1 Å². The van der Waals surface area contributed by atoms with Crippen LogP contribution in [0, 0.1) is 0 Å². The highest BCUT2D eigenvalue weighted by Gasteiger charge is 2.34. The van der Waals surface area contributed by atoms with E-state index in [1.807, 2.05) is 0 Å². The molecule has 0 radical (unpaired) electrons. The first-order valence-electron chi connectivity index (χ1n) is 11.5. The summed E-state index contributed by atoms with van der Waals surface area (Å²) in [5, 5.41) is 7.04. The van der Waals surface area contributed by atoms with Crippen molar-refractivity contribution in [1.29, 1.82) is 0 Å². The van der Waals surface area contributed by atoms with Crippen molar-refractivity contribution in [1.82, 2.24) is 10.6 Å². The van der Waals surface area contributed by atoms with E-state index in [-0.39, 0.29) is 27.9 Å². The van der Waals surface area contributed by atoms with Gasteiger partial charge in [0.25, 0.3) is 17.7 Å². The van der Waals surface area contributed by atoms with E-state index in [1.165, 1.54) is 12.1 Å². The van der Waals surface area contributed by atoms with E-state index >= 15 is 0 Å². The molecule has 38 heavy (non-hydrogen) atoms. The molecule has 1 saturated carbocycles. The van der Waals surface area contributed by atoms with Gasteiger partial charge in [0.05, 0.1) is 22.9 Å². The van der Waals surface area contributed by atoms with Crippen molar-refractivity contribution in [2.45, 2.75) is 56.8 Å². The van der Waals surface area contributed by atoms with Gasteiger partial charge in [-0.2, -0.15) is 13.2 Å². The van der Waals surface area contributed by atoms with Crippen LogP contribution in [0.2, 0.25) is 5.02 Å². The third-order valence-electron chi connectivity index (χ3n) is 5.56. The number of hydrogen-bond acceptors (Lipinski definition) is 4. The first-order valence-corrected chi connectivity index (χ1v) is 11.8. The fraction of sp³-hybridized carbons (Fsp3) is 0.360. The molecule has 13 heteroatoms. The Hall–Kier alpha value is -3.54. The third kappa shape index (κ3) is 8.23. The van der Waals surface area contributed by atoms with Gasteiger partial charge in [-0.1, -0.05) is 17.7 Å². The van der Waals surface area contributed by atoms with Crippen molar-refractivity contribution in [3.63, 3.8) is 0 Å². The Morgan fingerprint density at radius 2 is 1.68 bits per heavy atom. The van der Waals surface area contributed by atoms with E-state index in [0.717, 1.165) is 24.3 Å². The van der Waals surface area contributed by atoms with Gasteiger partial charge in [-0.3, -0.25) is 19.2 Å². The van der Waals surface area contributed by atoms with E-state index in [0.29, 0.717) is 25.8 Å². The van der Waals surface area contributed by atoms with Gasteiger partial charge in [0.1, 0.15) is 0 Å². The molecule has 7 nitrogen and oxygen atoms in total. The maximum Gasteiger partial charge on any atom is 0.416 e. The highest BCUT2D eigenvalue weighted by Crippen LogP contribution is 2.30. The largest absolute Gasteiger partial charge is 0.416 e. The summed E-state index contributed by atoms with van der Waals surface area (Å²) in [5.41, 5.74) is -1.89. The van der Waals surface area contributed by atoms with Gasteiger partial charge in [0.15, 0.2) is 0 Å². The van der Waals surface area contributed by atoms with Crippen LogP contribution in [0.25, 0.3) is 0 Å². The summed E-state index contributed by atoms with van der Waals surface area (Å²) in [6, 6.07) is 5.40. The van der Waals surface area contributed by atoms with Crippen LogP contribution in [-0.2, 0) is 15.8 Å². The number of carbonyl (C=O) groups excluding carboxylic acids is 4. The Labute approximate surface area is 219 Å². The molecule has 1 atom stereocenters. The average Bonchev–Trinajstić information content (AvgIpc) is 3.65. The summed E-state index contributed by atoms with van der Waals surface area (Å²) >= 11 is 5.97. The van der Waals surface area contributed by atoms with Crippen LogP contribution in [0.4, 0.5) is 27.6 Å². The first kappa shape index (κ1) is 29.0. The number of alkyl halides is 5. The predicted molar refractivity (Wildman–Crippen MR) is 128 cm³/mol. The fourth-order valence-corrected chi connectivity index (χ4v) is 3.56. The standard InChI is InChI=1S/C25H23ClF5N3O4/c1-24(27,28)10-9-19(20(35)23(38)32-16-6-7-16)34-22(37)17-12-15(26)5-8-18(17)33-21(36)13-3-2-4-14(11-13)25(29,30)31/h2-5,8,11-12,16,19H,6-7,9-10H2,1H3,(H,32,38)(H,33,36)(H,34,37)/t19-/m0/s1. The lowest BCUT2D eigenvalue weighted by molar-refractivity contribution is -0.139. The normalized spacial score (nSPS) is 14.4. The van der Waals surface area contributed by atoms with Gasteiger partial charge in [0.2, 0.25) is 11.7 Å². The summed E-state index contributed by atoms with van der Waals surface area (Å²) in [6.45, 7) is 0.624. The summed E-state index contributed by atoms with van der Waals surface area (Å²) < 4.78 is 66.1. The van der Waals surface area contributed by atoms with Crippen LogP contribution in [0.5, 0.6) is 0 Å². The number of Topliss-reactive ketones (excluding diaryl/α,β-unsaturated/α-hetero) is 1. The SMILES string of the molecule is CC(F)(F)CC[C@H](NC(=O)c1cc(Cl)ccc1NC(=O)c1cccc(C(F)(F)F)c1)C(=O)C(=O)NC1CC1. The smallest absolute Gasteiger partial charge is 0.347 e. The van der Waals surface area contributed by atoms with E-state index in [2.05, 4.69) is 16.0 Å². The molecule has 0 aliphatic heterocycles. The highest BCUT2D eigenvalue weighted by molar-refractivity contribution is 6.38. The number of ketones is 1. The number of benzene rings is 2. The molecule has 0 bridgehead atoms. The van der Waals surface area contributed by atoms with E-state index in [9.17, 15) is 41.1 Å². The number of hydrogen-bond donors (Lipinski definition) is 3. The van der Waals surface area contributed by atoms with E-state index in [1.54, 1.807) is 0 Å². The second-order valence-corrected chi connectivity index (χ2v) is 9.41. The maximum absolute atomic E-state index is 13.5. The molecule has 3 rings (SSSR count). The summed E-state index contributed by atoms with van der Waals surface area (Å²) in [5.74, 6) is -7.33. The van der Waals surface area contributed by atoms with Gasteiger partial charge in [-0.15, -0.1) is 0 Å². The zero-order valence-electron chi connectivity index (χ0n) is 19.9. The molecule has 1 fully saturated rings. The Kier molecular flexibility index (Phi) is 8.75. The summed E-state index contributed by atoms with van der Waals surface area (Å²) in [7, 11) is 0. The van der Waals surface area contributed by atoms with Crippen LogP contribution < -0.4 is 16.0 Å². The van der Waals surface area contributed by atoms with Crippen molar-refractivity contribution in [3.8, 4) is 0 Å². The quantitative estimate of drug-likeness (QED) is 0.282. The monoisotopic (exact) mass is 559 g/mol. The van der Waals surface area contributed by atoms with Gasteiger partial charge in [-0.25, -0.2) is 8.78 Å². The van der Waals surface area contributed by atoms with Crippen LogP contribution in [-0.4, -0.2) is 41.5 Å². The van der Waals surface area contributed by atoms with Crippen molar-refractivity contribution in [2.24, 2.45) is 0 Å². The Morgan fingerprint density at radius 1 is 1.00 bits per heavy atom. The molecule has 1 aliphatic rings. The summed E-state index contributed by atoms with van der Waals surface area (Å²) in [6.07, 6.45) is -4.72. The molecule has 2 aromatic rings. The van der Waals surface area contributed by atoms with Crippen molar-refractivity contribution in [2.75, 3.05) is 5.32 Å². The van der Waals surface area contributed by atoms with Gasteiger partial charge in [0, 0.05) is 23.0 Å². The van der Waals surface area contributed by atoms with Crippen LogP contribution in [0.1, 0.15) is 58.9 Å². The Bertz CT molecular complexity index is 1240.